The van der Waals surface area contributed by atoms with Gasteiger partial charge in [-0.3, -0.25) is 14.5 Å². The predicted molar refractivity (Wildman–Crippen MR) is 152 cm³/mol. The van der Waals surface area contributed by atoms with Gasteiger partial charge in [-0.2, -0.15) is 9.61 Å². The molecule has 3 aromatic rings. The molecule has 0 bridgehead atoms. The van der Waals surface area contributed by atoms with E-state index in [1.54, 1.807) is 49.7 Å². The van der Waals surface area contributed by atoms with Crippen molar-refractivity contribution in [1.29, 1.82) is 0 Å². The second-order valence-electron chi connectivity index (χ2n) is 11.6. The first kappa shape index (κ1) is 28.6. The molecule has 41 heavy (non-hydrogen) atoms. The van der Waals surface area contributed by atoms with Crippen molar-refractivity contribution in [3.63, 3.8) is 0 Å². The average molecular weight is 568 g/mol. The van der Waals surface area contributed by atoms with Gasteiger partial charge in [-0.1, -0.05) is 0 Å². The number of aliphatic hydroxyl groups is 1. The summed E-state index contributed by atoms with van der Waals surface area (Å²) >= 11 is 0. The van der Waals surface area contributed by atoms with Crippen molar-refractivity contribution in [1.82, 2.24) is 24.5 Å². The Morgan fingerprint density at radius 3 is 2.73 bits per heavy atom. The molecule has 13 heteroatoms. The van der Waals surface area contributed by atoms with Crippen LogP contribution in [0.25, 0.3) is 5.65 Å². The molecular formula is C28H37N7O6. The summed E-state index contributed by atoms with van der Waals surface area (Å²) < 4.78 is 14.2. The van der Waals surface area contributed by atoms with Crippen LogP contribution in [0.1, 0.15) is 69.3 Å². The summed E-state index contributed by atoms with van der Waals surface area (Å²) in [6.07, 6.45) is 5.54. The molecule has 2 aliphatic rings. The number of carbonyl (C=O) groups excluding carboxylic acids is 2. The molecule has 1 unspecified atom stereocenters. The van der Waals surface area contributed by atoms with Gasteiger partial charge in [-0.25, -0.2) is 9.78 Å². The molecule has 2 fully saturated rings. The number of rotatable bonds is 6. The smallest absolute Gasteiger partial charge is 0.415 e. The Bertz CT molecular complexity index is 1490. The molecule has 3 atom stereocenters. The highest BCUT2D eigenvalue weighted by Crippen LogP contribution is 2.26. The Morgan fingerprint density at radius 1 is 1.24 bits per heavy atom. The topological polar surface area (TPSA) is 152 Å². The van der Waals surface area contributed by atoms with E-state index in [1.807, 2.05) is 0 Å². The number of aromatic nitrogens is 4. The summed E-state index contributed by atoms with van der Waals surface area (Å²) in [6.45, 7) is 6.44. The van der Waals surface area contributed by atoms with Crippen molar-refractivity contribution in [2.45, 2.75) is 76.7 Å². The number of anilines is 3. The minimum absolute atomic E-state index is 0.0680. The number of fused-ring (bicyclic) bond motifs is 1. The minimum Gasteiger partial charge on any atom is -0.443 e. The van der Waals surface area contributed by atoms with Crippen molar-refractivity contribution in [2.75, 3.05) is 30.5 Å². The van der Waals surface area contributed by atoms with Crippen LogP contribution in [0.15, 0.2) is 35.4 Å². The fraction of sp³-hybridized carbons (Fsp3) is 0.536. The average Bonchev–Trinajstić information content (AvgIpc) is 3.54. The van der Waals surface area contributed by atoms with Gasteiger partial charge >= 0.3 is 6.09 Å². The molecule has 3 N–H and O–H groups in total. The van der Waals surface area contributed by atoms with Gasteiger partial charge in [-0.15, -0.1) is 0 Å². The maximum Gasteiger partial charge on any atom is 0.415 e. The highest BCUT2D eigenvalue weighted by Gasteiger charge is 2.28. The highest BCUT2D eigenvalue weighted by molar-refractivity contribution is 6.00. The second-order valence-corrected chi connectivity index (χ2v) is 11.6. The summed E-state index contributed by atoms with van der Waals surface area (Å²) in [5, 5.41) is 20.3. The molecule has 220 valence electrons. The van der Waals surface area contributed by atoms with Crippen molar-refractivity contribution in [2.24, 2.45) is 0 Å². The van der Waals surface area contributed by atoms with Gasteiger partial charge in [0.15, 0.2) is 5.65 Å². The third-order valence-corrected chi connectivity index (χ3v) is 7.22. The van der Waals surface area contributed by atoms with Crippen molar-refractivity contribution < 1.29 is 24.2 Å². The number of aliphatic hydroxyl groups excluding tert-OH is 1. The zero-order valence-electron chi connectivity index (χ0n) is 23.8. The molecule has 1 aliphatic heterocycles. The van der Waals surface area contributed by atoms with E-state index in [0.717, 1.165) is 12.8 Å². The van der Waals surface area contributed by atoms with Crippen LogP contribution in [0.4, 0.5) is 22.1 Å². The van der Waals surface area contributed by atoms with E-state index >= 15 is 0 Å². The number of hydrogen-bond acceptors (Lipinski definition) is 9. The Kier molecular flexibility index (Phi) is 8.00. The molecule has 0 radical (unpaired) electrons. The SMILES string of the molecule is CN(C(=O)OC(C)(C)C)c1cc(Nc2cccn([C@H]3CCCOC3)c2=O)nc2c(C(=O)NC3CC[C@@H](O)C3)cnn12. The maximum absolute atomic E-state index is 13.4. The van der Waals surface area contributed by atoms with E-state index in [9.17, 15) is 19.5 Å². The summed E-state index contributed by atoms with van der Waals surface area (Å²) in [5.41, 5.74) is -0.311. The van der Waals surface area contributed by atoms with E-state index in [4.69, 9.17) is 9.47 Å². The van der Waals surface area contributed by atoms with Crippen LogP contribution < -0.4 is 21.1 Å². The molecule has 0 aromatic carbocycles. The fourth-order valence-electron chi connectivity index (χ4n) is 5.16. The summed E-state index contributed by atoms with van der Waals surface area (Å²) in [6, 6.07) is 4.77. The summed E-state index contributed by atoms with van der Waals surface area (Å²) in [5.74, 6) is 0.122. The lowest BCUT2D eigenvalue weighted by atomic mass is 10.1. The number of hydrogen-bond donors (Lipinski definition) is 3. The first-order valence-corrected chi connectivity index (χ1v) is 13.9. The monoisotopic (exact) mass is 567 g/mol. The lowest BCUT2D eigenvalue weighted by Gasteiger charge is -2.25. The van der Waals surface area contributed by atoms with Crippen LogP contribution in [-0.2, 0) is 9.47 Å². The Hall–Kier alpha value is -3.97. The molecule has 0 spiro atoms. The third kappa shape index (κ3) is 6.35. The van der Waals surface area contributed by atoms with Crippen LogP contribution in [0.3, 0.4) is 0 Å². The molecule has 4 heterocycles. The number of nitrogens with zero attached hydrogens (tertiary/aromatic N) is 5. The fourth-order valence-corrected chi connectivity index (χ4v) is 5.16. The second kappa shape index (κ2) is 11.5. The third-order valence-electron chi connectivity index (χ3n) is 7.22. The molecule has 13 nitrogen and oxygen atoms in total. The normalized spacial score (nSPS) is 21.0. The predicted octanol–water partition coefficient (Wildman–Crippen LogP) is 3.00. The number of nitrogens with one attached hydrogen (secondary N) is 2. The molecule has 3 aromatic heterocycles. The first-order chi connectivity index (χ1) is 19.5. The Balaban J connectivity index is 1.52. The van der Waals surface area contributed by atoms with Crippen LogP contribution >= 0.6 is 0 Å². The van der Waals surface area contributed by atoms with E-state index in [2.05, 4.69) is 20.7 Å². The van der Waals surface area contributed by atoms with E-state index in [-0.39, 0.29) is 46.2 Å². The molecule has 2 amide bonds. The van der Waals surface area contributed by atoms with Crippen molar-refractivity contribution >= 4 is 35.0 Å². The molecule has 1 saturated heterocycles. The number of amides is 2. The van der Waals surface area contributed by atoms with Crippen molar-refractivity contribution in [3.8, 4) is 0 Å². The maximum atomic E-state index is 13.4. The lowest BCUT2D eigenvalue weighted by Crippen LogP contribution is -2.35. The highest BCUT2D eigenvalue weighted by atomic mass is 16.6. The Morgan fingerprint density at radius 2 is 2.05 bits per heavy atom. The van der Waals surface area contributed by atoms with Crippen molar-refractivity contribution in [3.05, 3.63) is 46.5 Å². The van der Waals surface area contributed by atoms with Gasteiger partial charge in [0.05, 0.1) is 24.9 Å². The number of carbonyl (C=O) groups is 2. The van der Waals surface area contributed by atoms with Crippen LogP contribution in [-0.4, -0.2) is 74.3 Å². The van der Waals surface area contributed by atoms with Crippen LogP contribution in [0, 0.1) is 0 Å². The zero-order valence-corrected chi connectivity index (χ0v) is 23.8. The zero-order chi connectivity index (χ0) is 29.3. The Labute approximate surface area is 237 Å². The van der Waals surface area contributed by atoms with E-state index in [1.165, 1.54) is 22.7 Å². The van der Waals surface area contributed by atoms with E-state index in [0.29, 0.717) is 32.5 Å². The van der Waals surface area contributed by atoms with Gasteiger partial charge in [0.25, 0.3) is 11.5 Å². The van der Waals surface area contributed by atoms with Crippen LogP contribution in [0.5, 0.6) is 0 Å². The minimum atomic E-state index is -0.739. The quantitative estimate of drug-likeness (QED) is 0.408. The lowest BCUT2D eigenvalue weighted by molar-refractivity contribution is 0.0580. The summed E-state index contributed by atoms with van der Waals surface area (Å²) in [4.78, 5) is 45.6. The molecule has 5 rings (SSSR count). The molecule has 1 saturated carbocycles. The van der Waals surface area contributed by atoms with Gasteiger partial charge in [0, 0.05) is 32.0 Å². The standard InChI is InChI=1S/C28H37N7O6/c1-28(2,3)41-27(39)33(4)23-14-22(31-21-8-5-11-34(26(21)38)18-7-6-12-40-16-18)32-24-20(15-29-35(23)24)25(37)30-17-9-10-19(36)13-17/h5,8,11,14-15,17-19,36H,6-7,9-10,12-13,16H2,1-4H3,(H,30,37)(H,31,32)/t17?,18-,19+/m0/s1. The number of ether oxygens (including phenoxy) is 2. The number of pyridine rings is 1. The summed E-state index contributed by atoms with van der Waals surface area (Å²) in [7, 11) is 1.53. The van der Waals surface area contributed by atoms with Gasteiger partial charge in [0.2, 0.25) is 0 Å². The van der Waals surface area contributed by atoms with Gasteiger partial charge < -0.3 is 29.8 Å². The largest absolute Gasteiger partial charge is 0.443 e. The molecular weight excluding hydrogens is 530 g/mol. The first-order valence-electron chi connectivity index (χ1n) is 13.9. The molecule has 1 aliphatic carbocycles. The van der Waals surface area contributed by atoms with Crippen LogP contribution in [0.2, 0.25) is 0 Å². The van der Waals surface area contributed by atoms with Gasteiger partial charge in [0.1, 0.15) is 28.5 Å². The van der Waals surface area contributed by atoms with Gasteiger partial charge in [-0.05, 0) is 65.0 Å². The van der Waals surface area contributed by atoms with E-state index < -0.39 is 23.7 Å².